The van der Waals surface area contributed by atoms with E-state index in [9.17, 15) is 4.79 Å². The number of rotatable bonds is 1. The molecule has 4 nitrogen and oxygen atoms in total. The van der Waals surface area contributed by atoms with Crippen LogP contribution in [-0.4, -0.2) is 52.9 Å². The van der Waals surface area contributed by atoms with Crippen LogP contribution in [0.25, 0.3) is 0 Å². The Morgan fingerprint density at radius 2 is 2.00 bits per heavy atom. The zero-order chi connectivity index (χ0) is 13.3. The molecule has 0 N–H and O–H groups in total. The van der Waals surface area contributed by atoms with E-state index in [1.54, 1.807) is 18.3 Å². The molecule has 2 heterocycles. The lowest BCUT2D eigenvalue weighted by molar-refractivity contribution is 0.0414. The molecule has 1 fully saturated rings. The van der Waals surface area contributed by atoms with E-state index in [0.29, 0.717) is 22.8 Å². The van der Waals surface area contributed by atoms with E-state index in [1.807, 2.05) is 4.90 Å². The van der Waals surface area contributed by atoms with E-state index in [-0.39, 0.29) is 5.91 Å². The standard InChI is InChI=1S/C13H18ClN3O/c1-9-7-17(8-10(2)16(9)3)13(18)11-4-5-15-12(14)6-11/h4-6,9-10H,7-8H2,1-3H3. The quantitative estimate of drug-likeness (QED) is 0.729. The Kier molecular flexibility index (Phi) is 3.88. The van der Waals surface area contributed by atoms with E-state index in [1.165, 1.54) is 0 Å². The van der Waals surface area contributed by atoms with Crippen LogP contribution in [0.15, 0.2) is 18.3 Å². The second-order valence-corrected chi connectivity index (χ2v) is 5.33. The van der Waals surface area contributed by atoms with E-state index < -0.39 is 0 Å². The first-order valence-corrected chi connectivity index (χ1v) is 6.49. The number of aromatic nitrogens is 1. The van der Waals surface area contributed by atoms with Crippen molar-refractivity contribution in [3.63, 3.8) is 0 Å². The van der Waals surface area contributed by atoms with Gasteiger partial charge in [0.05, 0.1) is 0 Å². The van der Waals surface area contributed by atoms with Crippen molar-refractivity contribution in [2.45, 2.75) is 25.9 Å². The maximum absolute atomic E-state index is 12.4. The fourth-order valence-corrected chi connectivity index (χ4v) is 2.46. The molecule has 2 rings (SSSR count). The monoisotopic (exact) mass is 267 g/mol. The van der Waals surface area contributed by atoms with Gasteiger partial charge in [-0.1, -0.05) is 11.6 Å². The lowest BCUT2D eigenvalue weighted by atomic mass is 10.1. The van der Waals surface area contributed by atoms with Gasteiger partial charge in [-0.2, -0.15) is 0 Å². The molecule has 1 saturated heterocycles. The molecule has 1 aliphatic heterocycles. The average Bonchev–Trinajstić information content (AvgIpc) is 2.34. The Morgan fingerprint density at radius 3 is 2.56 bits per heavy atom. The zero-order valence-corrected chi connectivity index (χ0v) is 11.7. The van der Waals surface area contributed by atoms with Gasteiger partial charge in [-0.25, -0.2) is 4.98 Å². The van der Waals surface area contributed by atoms with Crippen molar-refractivity contribution in [3.8, 4) is 0 Å². The van der Waals surface area contributed by atoms with Gasteiger partial charge in [0.2, 0.25) is 0 Å². The summed E-state index contributed by atoms with van der Waals surface area (Å²) in [6, 6.07) is 4.07. The molecule has 1 amide bonds. The first-order chi connectivity index (χ1) is 8.49. The number of likely N-dealkylation sites (N-methyl/N-ethyl adjacent to an activating group) is 1. The second-order valence-electron chi connectivity index (χ2n) is 4.94. The van der Waals surface area contributed by atoms with Crippen LogP contribution in [0.4, 0.5) is 0 Å². The van der Waals surface area contributed by atoms with Crippen LogP contribution in [0, 0.1) is 0 Å². The van der Waals surface area contributed by atoms with Crippen molar-refractivity contribution in [2.75, 3.05) is 20.1 Å². The maximum Gasteiger partial charge on any atom is 0.254 e. The van der Waals surface area contributed by atoms with E-state index in [4.69, 9.17) is 11.6 Å². The van der Waals surface area contributed by atoms with Crippen molar-refractivity contribution in [1.29, 1.82) is 0 Å². The summed E-state index contributed by atoms with van der Waals surface area (Å²) in [7, 11) is 2.10. The molecular weight excluding hydrogens is 250 g/mol. The topological polar surface area (TPSA) is 36.4 Å². The van der Waals surface area contributed by atoms with Crippen molar-refractivity contribution in [1.82, 2.24) is 14.8 Å². The largest absolute Gasteiger partial charge is 0.336 e. The molecule has 5 heteroatoms. The third-order valence-electron chi connectivity index (χ3n) is 3.62. The number of nitrogens with zero attached hydrogens (tertiary/aromatic N) is 3. The highest BCUT2D eigenvalue weighted by molar-refractivity contribution is 6.29. The van der Waals surface area contributed by atoms with Crippen molar-refractivity contribution >= 4 is 17.5 Å². The molecule has 0 saturated carbocycles. The summed E-state index contributed by atoms with van der Waals surface area (Å²) >= 11 is 5.82. The summed E-state index contributed by atoms with van der Waals surface area (Å²) in [5.74, 6) is 0.0334. The minimum Gasteiger partial charge on any atom is -0.336 e. The molecule has 2 unspecified atom stereocenters. The van der Waals surface area contributed by atoms with Crippen LogP contribution in [0.1, 0.15) is 24.2 Å². The number of pyridine rings is 1. The highest BCUT2D eigenvalue weighted by atomic mass is 35.5. The molecule has 1 aromatic heterocycles. The smallest absolute Gasteiger partial charge is 0.254 e. The van der Waals surface area contributed by atoms with E-state index in [0.717, 1.165) is 13.1 Å². The normalized spacial score (nSPS) is 25.2. The first kappa shape index (κ1) is 13.3. The summed E-state index contributed by atoms with van der Waals surface area (Å²) in [6.07, 6.45) is 1.57. The molecule has 0 spiro atoms. The predicted molar refractivity (Wildman–Crippen MR) is 71.8 cm³/mol. The van der Waals surface area contributed by atoms with Gasteiger partial charge in [0, 0.05) is 36.9 Å². The van der Waals surface area contributed by atoms with E-state index >= 15 is 0 Å². The summed E-state index contributed by atoms with van der Waals surface area (Å²) in [5, 5.41) is 0.357. The van der Waals surface area contributed by atoms with Gasteiger partial charge < -0.3 is 4.90 Å². The number of carbonyl (C=O) groups excluding carboxylic acids is 1. The minimum absolute atomic E-state index is 0.0334. The third-order valence-corrected chi connectivity index (χ3v) is 3.83. The van der Waals surface area contributed by atoms with Gasteiger partial charge in [-0.3, -0.25) is 9.69 Å². The number of hydrogen-bond acceptors (Lipinski definition) is 3. The van der Waals surface area contributed by atoms with Crippen LogP contribution in [0.5, 0.6) is 0 Å². The highest BCUT2D eigenvalue weighted by Crippen LogP contribution is 2.17. The van der Waals surface area contributed by atoms with Crippen LogP contribution >= 0.6 is 11.6 Å². The fraction of sp³-hybridized carbons (Fsp3) is 0.538. The molecule has 0 radical (unpaired) electrons. The van der Waals surface area contributed by atoms with Crippen molar-refractivity contribution in [3.05, 3.63) is 29.0 Å². The molecule has 1 aromatic rings. The summed E-state index contributed by atoms with van der Waals surface area (Å²) in [4.78, 5) is 20.5. The Hall–Kier alpha value is -1.13. The molecule has 2 atom stereocenters. The first-order valence-electron chi connectivity index (χ1n) is 6.12. The predicted octanol–water partition coefficient (Wildman–Crippen LogP) is 1.90. The SMILES string of the molecule is CC1CN(C(=O)c2ccnc(Cl)c2)CC(C)N1C. The Bertz CT molecular complexity index is 440. The number of halogens is 1. The second kappa shape index (κ2) is 5.24. The Labute approximate surface area is 113 Å². The van der Waals surface area contributed by atoms with Gasteiger partial charge in [0.15, 0.2) is 0 Å². The Morgan fingerprint density at radius 1 is 1.39 bits per heavy atom. The molecule has 0 aliphatic carbocycles. The lowest BCUT2D eigenvalue weighted by Crippen LogP contribution is -2.56. The molecule has 18 heavy (non-hydrogen) atoms. The van der Waals surface area contributed by atoms with Gasteiger partial charge in [0.1, 0.15) is 5.15 Å². The number of carbonyl (C=O) groups is 1. The molecule has 0 aromatic carbocycles. The van der Waals surface area contributed by atoms with Gasteiger partial charge in [0.25, 0.3) is 5.91 Å². The third kappa shape index (κ3) is 2.65. The van der Waals surface area contributed by atoms with Gasteiger partial charge in [-0.15, -0.1) is 0 Å². The van der Waals surface area contributed by atoms with Crippen LogP contribution in [0.2, 0.25) is 5.15 Å². The Balaban J connectivity index is 2.15. The highest BCUT2D eigenvalue weighted by Gasteiger charge is 2.29. The average molecular weight is 268 g/mol. The molecule has 1 aliphatic rings. The van der Waals surface area contributed by atoms with Gasteiger partial charge >= 0.3 is 0 Å². The maximum atomic E-state index is 12.4. The molecular formula is C13H18ClN3O. The summed E-state index contributed by atoms with van der Waals surface area (Å²) < 4.78 is 0. The van der Waals surface area contributed by atoms with Crippen LogP contribution in [-0.2, 0) is 0 Å². The number of piperazine rings is 1. The van der Waals surface area contributed by atoms with Crippen molar-refractivity contribution < 1.29 is 4.79 Å². The van der Waals surface area contributed by atoms with Crippen LogP contribution in [0.3, 0.4) is 0 Å². The van der Waals surface area contributed by atoms with Crippen molar-refractivity contribution in [2.24, 2.45) is 0 Å². The number of amides is 1. The molecule has 0 bridgehead atoms. The lowest BCUT2D eigenvalue weighted by Gasteiger charge is -2.42. The molecule has 98 valence electrons. The number of hydrogen-bond donors (Lipinski definition) is 0. The summed E-state index contributed by atoms with van der Waals surface area (Å²) in [6.45, 7) is 5.77. The fourth-order valence-electron chi connectivity index (χ4n) is 2.29. The van der Waals surface area contributed by atoms with Gasteiger partial charge in [-0.05, 0) is 33.0 Å². The van der Waals surface area contributed by atoms with E-state index in [2.05, 4.69) is 30.8 Å². The minimum atomic E-state index is 0.0334. The zero-order valence-electron chi connectivity index (χ0n) is 10.9. The van der Waals surface area contributed by atoms with Crippen LogP contribution < -0.4 is 0 Å². The summed E-state index contributed by atoms with van der Waals surface area (Å²) in [5.41, 5.74) is 0.610.